The molecule has 0 aliphatic carbocycles. The fraction of sp³-hybridized carbons (Fsp3) is 0.562. The van der Waals surface area contributed by atoms with Crippen LogP contribution in [0.1, 0.15) is 19.8 Å². The van der Waals surface area contributed by atoms with Gasteiger partial charge in [-0.15, -0.1) is 0 Å². The maximum atomic E-state index is 12.7. The van der Waals surface area contributed by atoms with Crippen LogP contribution in [0.4, 0.5) is 0 Å². The molecule has 1 N–H and O–H groups in total. The molecule has 0 bridgehead atoms. The van der Waals surface area contributed by atoms with E-state index in [4.69, 9.17) is 9.47 Å². The van der Waals surface area contributed by atoms with Gasteiger partial charge in [0.25, 0.3) is 5.91 Å². The molecule has 1 amide bonds. The third-order valence-corrected chi connectivity index (χ3v) is 4.23. The highest BCUT2D eigenvalue weighted by Gasteiger charge is 2.37. The predicted octanol–water partition coefficient (Wildman–Crippen LogP) is 1.43. The van der Waals surface area contributed by atoms with E-state index < -0.39 is 6.10 Å². The van der Waals surface area contributed by atoms with Gasteiger partial charge in [0.2, 0.25) is 6.10 Å². The highest BCUT2D eigenvalue weighted by atomic mass is 16.6. The number of carbonyl (C=O) groups is 1. The minimum absolute atomic E-state index is 0.0250. The minimum atomic E-state index is -0.560. The summed E-state index contributed by atoms with van der Waals surface area (Å²) in [4.78, 5) is 14.6. The standard InChI is InChI=1S/C16H22N2O3/c1-11-15(21-14-8-4-3-7-13(14)20-11)16(19)18-9-5-6-12(10-18)17-2/h3-4,7-8,11-12,15,17H,5-6,9-10H2,1-2H3. The molecule has 0 saturated carbocycles. The van der Waals surface area contributed by atoms with Crippen molar-refractivity contribution < 1.29 is 14.3 Å². The predicted molar refractivity (Wildman–Crippen MR) is 79.6 cm³/mol. The molecule has 0 spiro atoms. The Bertz CT molecular complexity index is 520. The number of rotatable bonds is 2. The molecule has 114 valence electrons. The maximum Gasteiger partial charge on any atom is 0.267 e. The van der Waals surface area contributed by atoms with Crippen LogP contribution in [0.5, 0.6) is 11.5 Å². The molecule has 2 aliphatic rings. The van der Waals surface area contributed by atoms with E-state index in [0.717, 1.165) is 25.9 Å². The number of para-hydroxylation sites is 2. The van der Waals surface area contributed by atoms with E-state index in [1.807, 2.05) is 43.1 Å². The lowest BCUT2D eigenvalue weighted by atomic mass is 10.0. The van der Waals surface area contributed by atoms with E-state index in [1.54, 1.807) is 0 Å². The SMILES string of the molecule is CNC1CCCN(C(=O)C2Oc3ccccc3OC2C)C1. The van der Waals surface area contributed by atoms with Crippen LogP contribution in [0, 0.1) is 0 Å². The summed E-state index contributed by atoms with van der Waals surface area (Å²) in [6.07, 6.45) is 1.30. The van der Waals surface area contributed by atoms with Gasteiger partial charge in [0.05, 0.1) is 0 Å². The van der Waals surface area contributed by atoms with Crippen molar-refractivity contribution in [3.8, 4) is 11.5 Å². The fourth-order valence-electron chi connectivity index (χ4n) is 2.98. The van der Waals surface area contributed by atoms with Gasteiger partial charge in [-0.3, -0.25) is 4.79 Å². The van der Waals surface area contributed by atoms with Crippen LogP contribution >= 0.6 is 0 Å². The summed E-state index contributed by atoms with van der Waals surface area (Å²) in [5, 5.41) is 3.25. The zero-order valence-electron chi connectivity index (χ0n) is 12.5. The van der Waals surface area contributed by atoms with Crippen molar-refractivity contribution in [1.29, 1.82) is 0 Å². The number of carbonyl (C=O) groups excluding carboxylic acids is 1. The second kappa shape index (κ2) is 5.93. The Hall–Kier alpha value is -1.75. The molecule has 0 radical (unpaired) electrons. The maximum absolute atomic E-state index is 12.7. The fourth-order valence-corrected chi connectivity index (χ4v) is 2.98. The lowest BCUT2D eigenvalue weighted by Gasteiger charge is -2.38. The summed E-state index contributed by atoms with van der Waals surface area (Å²) in [6.45, 7) is 3.42. The number of hydrogen-bond acceptors (Lipinski definition) is 4. The van der Waals surface area contributed by atoms with E-state index in [0.29, 0.717) is 17.5 Å². The van der Waals surface area contributed by atoms with Gasteiger partial charge in [0.15, 0.2) is 11.5 Å². The average molecular weight is 290 g/mol. The molecule has 21 heavy (non-hydrogen) atoms. The van der Waals surface area contributed by atoms with Crippen molar-refractivity contribution >= 4 is 5.91 Å². The molecule has 5 heteroatoms. The minimum Gasteiger partial charge on any atom is -0.482 e. The number of amides is 1. The second-order valence-electron chi connectivity index (χ2n) is 5.72. The van der Waals surface area contributed by atoms with E-state index in [9.17, 15) is 4.79 Å². The first-order valence-corrected chi connectivity index (χ1v) is 7.57. The van der Waals surface area contributed by atoms with Gasteiger partial charge < -0.3 is 19.7 Å². The number of fused-ring (bicyclic) bond motifs is 1. The van der Waals surface area contributed by atoms with Crippen molar-refractivity contribution in [2.24, 2.45) is 0 Å². The van der Waals surface area contributed by atoms with Crippen LogP contribution in [0.15, 0.2) is 24.3 Å². The monoisotopic (exact) mass is 290 g/mol. The van der Waals surface area contributed by atoms with Gasteiger partial charge in [0, 0.05) is 19.1 Å². The summed E-state index contributed by atoms with van der Waals surface area (Å²) in [5.74, 6) is 1.38. The van der Waals surface area contributed by atoms with Crippen LogP contribution < -0.4 is 14.8 Å². The Morgan fingerprint density at radius 2 is 2.00 bits per heavy atom. The van der Waals surface area contributed by atoms with Crippen LogP contribution in [0.3, 0.4) is 0 Å². The van der Waals surface area contributed by atoms with E-state index in [1.165, 1.54) is 0 Å². The van der Waals surface area contributed by atoms with Gasteiger partial charge in [-0.05, 0) is 38.9 Å². The average Bonchev–Trinajstić information content (AvgIpc) is 2.53. The van der Waals surface area contributed by atoms with Gasteiger partial charge in [-0.25, -0.2) is 0 Å². The van der Waals surface area contributed by atoms with Crippen molar-refractivity contribution in [2.45, 2.75) is 38.0 Å². The smallest absolute Gasteiger partial charge is 0.267 e. The molecular weight excluding hydrogens is 268 g/mol. The molecule has 0 aromatic heterocycles. The first kappa shape index (κ1) is 14.2. The van der Waals surface area contributed by atoms with Crippen LogP contribution in [0.25, 0.3) is 0 Å². The second-order valence-corrected chi connectivity index (χ2v) is 5.72. The molecule has 1 aromatic carbocycles. The zero-order chi connectivity index (χ0) is 14.8. The Kier molecular flexibility index (Phi) is 4.01. The van der Waals surface area contributed by atoms with E-state index in [2.05, 4.69) is 5.32 Å². The summed E-state index contributed by atoms with van der Waals surface area (Å²) >= 11 is 0. The number of likely N-dealkylation sites (tertiary alicyclic amines) is 1. The zero-order valence-corrected chi connectivity index (χ0v) is 12.5. The molecule has 3 unspecified atom stereocenters. The van der Waals surface area contributed by atoms with E-state index in [-0.39, 0.29) is 12.0 Å². The third kappa shape index (κ3) is 2.83. The first-order chi connectivity index (χ1) is 10.2. The number of nitrogens with zero attached hydrogens (tertiary/aromatic N) is 1. The molecule has 2 heterocycles. The van der Waals surface area contributed by atoms with Crippen LogP contribution in [0.2, 0.25) is 0 Å². The highest BCUT2D eigenvalue weighted by molar-refractivity contribution is 5.82. The summed E-state index contributed by atoms with van der Waals surface area (Å²) in [6, 6.07) is 7.87. The third-order valence-electron chi connectivity index (χ3n) is 4.23. The summed E-state index contributed by atoms with van der Waals surface area (Å²) in [7, 11) is 1.94. The van der Waals surface area contributed by atoms with Gasteiger partial charge in [-0.1, -0.05) is 12.1 Å². The molecular formula is C16H22N2O3. The van der Waals surface area contributed by atoms with Crippen molar-refractivity contribution in [1.82, 2.24) is 10.2 Å². The van der Waals surface area contributed by atoms with Crippen molar-refractivity contribution in [3.63, 3.8) is 0 Å². The Labute approximate surface area is 125 Å². The molecule has 3 rings (SSSR count). The Balaban J connectivity index is 1.73. The molecule has 3 atom stereocenters. The quantitative estimate of drug-likeness (QED) is 0.895. The van der Waals surface area contributed by atoms with Crippen molar-refractivity contribution in [2.75, 3.05) is 20.1 Å². The molecule has 1 saturated heterocycles. The van der Waals surface area contributed by atoms with E-state index >= 15 is 0 Å². The number of ether oxygens (including phenoxy) is 2. The number of likely N-dealkylation sites (N-methyl/N-ethyl adjacent to an activating group) is 1. The van der Waals surface area contributed by atoms with Crippen molar-refractivity contribution in [3.05, 3.63) is 24.3 Å². The highest BCUT2D eigenvalue weighted by Crippen LogP contribution is 2.34. The topological polar surface area (TPSA) is 50.8 Å². The number of benzene rings is 1. The number of nitrogens with one attached hydrogen (secondary N) is 1. The van der Waals surface area contributed by atoms with Gasteiger partial charge in [0.1, 0.15) is 6.10 Å². The summed E-state index contributed by atoms with van der Waals surface area (Å²) in [5.41, 5.74) is 0. The molecule has 1 aromatic rings. The first-order valence-electron chi connectivity index (χ1n) is 7.57. The lowest BCUT2D eigenvalue weighted by Crippen LogP contribution is -2.55. The van der Waals surface area contributed by atoms with Crippen LogP contribution in [-0.4, -0.2) is 49.2 Å². The van der Waals surface area contributed by atoms with Crippen LogP contribution in [-0.2, 0) is 4.79 Å². The Morgan fingerprint density at radius 3 is 2.71 bits per heavy atom. The lowest BCUT2D eigenvalue weighted by molar-refractivity contribution is -0.145. The number of hydrogen-bond donors (Lipinski definition) is 1. The Morgan fingerprint density at radius 1 is 1.29 bits per heavy atom. The number of piperidine rings is 1. The summed E-state index contributed by atoms with van der Waals surface area (Å²) < 4.78 is 11.7. The molecule has 1 fully saturated rings. The largest absolute Gasteiger partial charge is 0.482 e. The van der Waals surface area contributed by atoms with Gasteiger partial charge >= 0.3 is 0 Å². The molecule has 2 aliphatic heterocycles. The normalized spacial score (nSPS) is 28.3. The van der Waals surface area contributed by atoms with Gasteiger partial charge in [-0.2, -0.15) is 0 Å². The molecule has 5 nitrogen and oxygen atoms in total.